The van der Waals surface area contributed by atoms with Gasteiger partial charge in [-0.25, -0.2) is 0 Å². The summed E-state index contributed by atoms with van der Waals surface area (Å²) in [4.78, 5) is 16.6. The van der Waals surface area contributed by atoms with Crippen molar-refractivity contribution < 1.29 is 9.53 Å². The molecule has 2 aliphatic heterocycles. The predicted molar refractivity (Wildman–Crippen MR) is 90.2 cm³/mol. The van der Waals surface area contributed by atoms with Crippen LogP contribution in [0.25, 0.3) is 0 Å². The van der Waals surface area contributed by atoms with Crippen molar-refractivity contribution in [3.63, 3.8) is 0 Å². The standard InChI is InChI=1S/C13H19N3O2S.2ClH/c17-13(11-10-18-8-3-14-11)16-6-4-15(5-7-16)12-2-1-9-19-12;;/h1-2,9,11,14H,3-8,10H2;2*1H. The smallest absolute Gasteiger partial charge is 0.242 e. The van der Waals surface area contributed by atoms with Gasteiger partial charge in [-0.05, 0) is 17.5 Å². The molecule has 3 heterocycles. The van der Waals surface area contributed by atoms with Crippen LogP contribution in [0.5, 0.6) is 0 Å². The van der Waals surface area contributed by atoms with Crippen LogP contribution in [0.2, 0.25) is 0 Å². The van der Waals surface area contributed by atoms with E-state index >= 15 is 0 Å². The average molecular weight is 354 g/mol. The van der Waals surface area contributed by atoms with Gasteiger partial charge < -0.3 is 19.9 Å². The third-order valence-corrected chi connectivity index (χ3v) is 4.56. The second-order valence-corrected chi connectivity index (χ2v) is 5.77. The number of carbonyl (C=O) groups is 1. The molecule has 2 saturated heterocycles. The number of piperazine rings is 1. The van der Waals surface area contributed by atoms with Gasteiger partial charge in [0, 0.05) is 32.7 Å². The number of hydrogen-bond acceptors (Lipinski definition) is 5. The number of anilines is 1. The molecule has 1 aromatic rings. The Hall–Kier alpha value is -0.530. The van der Waals surface area contributed by atoms with Gasteiger partial charge in [-0.1, -0.05) is 0 Å². The first-order valence-electron chi connectivity index (χ1n) is 6.73. The van der Waals surface area contributed by atoms with Gasteiger partial charge in [0.1, 0.15) is 6.04 Å². The van der Waals surface area contributed by atoms with E-state index < -0.39 is 0 Å². The second-order valence-electron chi connectivity index (χ2n) is 4.85. The number of thiophene rings is 1. The van der Waals surface area contributed by atoms with E-state index in [0.29, 0.717) is 13.2 Å². The van der Waals surface area contributed by atoms with Gasteiger partial charge in [0.25, 0.3) is 0 Å². The molecule has 0 spiro atoms. The minimum atomic E-state index is -0.151. The van der Waals surface area contributed by atoms with Crippen LogP contribution in [0.3, 0.4) is 0 Å². The fraction of sp³-hybridized carbons (Fsp3) is 0.615. The Morgan fingerprint density at radius 2 is 2.05 bits per heavy atom. The highest BCUT2D eigenvalue weighted by molar-refractivity contribution is 7.14. The Morgan fingerprint density at radius 1 is 1.29 bits per heavy atom. The van der Waals surface area contributed by atoms with Crippen LogP contribution in [0.4, 0.5) is 5.00 Å². The summed E-state index contributed by atoms with van der Waals surface area (Å²) in [6.07, 6.45) is 0. The SMILES string of the molecule is Cl.Cl.O=C(C1COCCN1)N1CCN(c2cccs2)CC1. The fourth-order valence-corrected chi connectivity index (χ4v) is 3.33. The molecule has 5 nitrogen and oxygen atoms in total. The lowest BCUT2D eigenvalue weighted by Gasteiger charge is -2.37. The van der Waals surface area contributed by atoms with Crippen LogP contribution in [-0.2, 0) is 9.53 Å². The lowest BCUT2D eigenvalue weighted by Crippen LogP contribution is -2.57. The van der Waals surface area contributed by atoms with Crippen LogP contribution in [0.15, 0.2) is 17.5 Å². The summed E-state index contributed by atoms with van der Waals surface area (Å²) >= 11 is 1.76. The van der Waals surface area contributed by atoms with Gasteiger partial charge >= 0.3 is 0 Å². The maximum absolute atomic E-state index is 12.3. The van der Waals surface area contributed by atoms with Gasteiger partial charge in [0.15, 0.2) is 0 Å². The summed E-state index contributed by atoms with van der Waals surface area (Å²) in [6, 6.07) is 4.06. The molecular weight excluding hydrogens is 333 g/mol. The molecule has 2 fully saturated rings. The van der Waals surface area contributed by atoms with E-state index in [0.717, 1.165) is 32.7 Å². The highest BCUT2D eigenvalue weighted by Gasteiger charge is 2.28. The lowest BCUT2D eigenvalue weighted by atomic mass is 10.2. The number of nitrogens with one attached hydrogen (secondary N) is 1. The first kappa shape index (κ1) is 18.5. The topological polar surface area (TPSA) is 44.8 Å². The van der Waals surface area contributed by atoms with Crippen molar-refractivity contribution in [3.05, 3.63) is 17.5 Å². The molecule has 21 heavy (non-hydrogen) atoms. The van der Waals surface area contributed by atoms with Crippen LogP contribution >= 0.6 is 36.2 Å². The van der Waals surface area contributed by atoms with E-state index in [9.17, 15) is 4.79 Å². The second kappa shape index (κ2) is 8.80. The van der Waals surface area contributed by atoms with Gasteiger partial charge in [-0.15, -0.1) is 36.2 Å². The van der Waals surface area contributed by atoms with E-state index in [-0.39, 0.29) is 36.8 Å². The molecule has 0 aromatic carbocycles. The molecule has 1 atom stereocenters. The van der Waals surface area contributed by atoms with Crippen LogP contribution in [0.1, 0.15) is 0 Å². The molecule has 120 valence electrons. The molecule has 0 radical (unpaired) electrons. The Bertz CT molecular complexity index is 419. The number of carbonyl (C=O) groups excluding carboxylic acids is 1. The molecular formula is C13H21Cl2N3O2S. The van der Waals surface area contributed by atoms with Crippen LogP contribution in [0, 0.1) is 0 Å². The minimum Gasteiger partial charge on any atom is -0.378 e. The van der Waals surface area contributed by atoms with Gasteiger partial charge in [0.2, 0.25) is 5.91 Å². The van der Waals surface area contributed by atoms with Crippen molar-refractivity contribution in [1.82, 2.24) is 10.2 Å². The van der Waals surface area contributed by atoms with Crippen molar-refractivity contribution in [2.75, 3.05) is 50.8 Å². The summed E-state index contributed by atoms with van der Waals surface area (Å²) in [5, 5.41) is 6.62. The predicted octanol–water partition coefficient (Wildman–Crippen LogP) is 1.23. The zero-order valence-electron chi connectivity index (χ0n) is 11.7. The zero-order chi connectivity index (χ0) is 13.1. The third-order valence-electron chi connectivity index (χ3n) is 3.63. The molecule has 1 amide bonds. The molecule has 0 bridgehead atoms. The molecule has 8 heteroatoms. The summed E-state index contributed by atoms with van der Waals surface area (Å²) < 4.78 is 5.36. The van der Waals surface area contributed by atoms with Crippen molar-refractivity contribution in [2.24, 2.45) is 0 Å². The minimum absolute atomic E-state index is 0. The van der Waals surface area contributed by atoms with Crippen molar-refractivity contribution >= 4 is 47.1 Å². The number of halogens is 2. The van der Waals surface area contributed by atoms with Crippen molar-refractivity contribution in [1.29, 1.82) is 0 Å². The average Bonchev–Trinajstić information content (AvgIpc) is 3.02. The molecule has 0 aliphatic carbocycles. The van der Waals surface area contributed by atoms with E-state index in [1.807, 2.05) is 4.90 Å². The van der Waals surface area contributed by atoms with E-state index in [1.165, 1.54) is 5.00 Å². The highest BCUT2D eigenvalue weighted by atomic mass is 35.5. The van der Waals surface area contributed by atoms with Gasteiger partial charge in [-0.2, -0.15) is 0 Å². The maximum Gasteiger partial charge on any atom is 0.242 e. The monoisotopic (exact) mass is 353 g/mol. The summed E-state index contributed by atoms with van der Waals surface area (Å²) in [5.74, 6) is 0.186. The Labute approximate surface area is 141 Å². The number of hydrogen-bond donors (Lipinski definition) is 1. The normalized spacial score (nSPS) is 22.2. The molecule has 2 aliphatic rings. The van der Waals surface area contributed by atoms with Crippen LogP contribution in [-0.4, -0.2) is 62.8 Å². The Kier molecular flexibility index (Phi) is 7.76. The first-order valence-corrected chi connectivity index (χ1v) is 7.61. The van der Waals surface area contributed by atoms with Gasteiger partial charge in [0.05, 0.1) is 18.2 Å². The van der Waals surface area contributed by atoms with Crippen molar-refractivity contribution in [2.45, 2.75) is 6.04 Å². The quantitative estimate of drug-likeness (QED) is 0.868. The third kappa shape index (κ3) is 4.47. The van der Waals surface area contributed by atoms with Gasteiger partial charge in [-0.3, -0.25) is 4.79 Å². The summed E-state index contributed by atoms with van der Waals surface area (Å²) in [6.45, 7) is 5.41. The number of amides is 1. The zero-order valence-corrected chi connectivity index (χ0v) is 14.1. The molecule has 3 rings (SSSR count). The van der Waals surface area contributed by atoms with Crippen LogP contribution < -0.4 is 10.2 Å². The summed E-state index contributed by atoms with van der Waals surface area (Å²) in [7, 11) is 0. The van der Waals surface area contributed by atoms with Crippen molar-refractivity contribution in [3.8, 4) is 0 Å². The number of ether oxygens (including phenoxy) is 1. The molecule has 1 N–H and O–H groups in total. The largest absolute Gasteiger partial charge is 0.378 e. The van der Waals surface area contributed by atoms with E-state index in [4.69, 9.17) is 4.74 Å². The molecule has 1 unspecified atom stereocenters. The Morgan fingerprint density at radius 3 is 2.62 bits per heavy atom. The van der Waals surface area contributed by atoms with E-state index in [2.05, 4.69) is 27.7 Å². The summed E-state index contributed by atoms with van der Waals surface area (Å²) in [5.41, 5.74) is 0. The Balaban J connectivity index is 0.00000110. The lowest BCUT2D eigenvalue weighted by molar-refractivity contribution is -0.136. The van der Waals surface area contributed by atoms with E-state index in [1.54, 1.807) is 11.3 Å². The molecule has 1 aromatic heterocycles. The highest BCUT2D eigenvalue weighted by Crippen LogP contribution is 2.22. The number of rotatable bonds is 2. The maximum atomic E-state index is 12.3. The number of nitrogens with zero attached hydrogens (tertiary/aromatic N) is 2. The molecule has 0 saturated carbocycles. The first-order chi connectivity index (χ1) is 9.34. The number of morpholine rings is 1. The fourth-order valence-electron chi connectivity index (χ4n) is 2.54.